The molecule has 2 heterocycles. The summed E-state index contributed by atoms with van der Waals surface area (Å²) in [6, 6.07) is 0.722. The summed E-state index contributed by atoms with van der Waals surface area (Å²) >= 11 is 0. The molecule has 2 aliphatic heterocycles. The van der Waals surface area contributed by atoms with Crippen LogP contribution >= 0.6 is 0 Å². The first kappa shape index (κ1) is 19.2. The van der Waals surface area contributed by atoms with Crippen molar-refractivity contribution in [3.8, 4) is 0 Å². The highest BCUT2D eigenvalue weighted by molar-refractivity contribution is 5.00. The molecule has 0 radical (unpaired) electrons. The van der Waals surface area contributed by atoms with Gasteiger partial charge in [-0.15, -0.1) is 0 Å². The Morgan fingerprint density at radius 3 is 1.96 bits per heavy atom. The summed E-state index contributed by atoms with van der Waals surface area (Å²) < 4.78 is 0. The van der Waals surface area contributed by atoms with Gasteiger partial charge in [0.05, 0.1) is 0 Å². The Morgan fingerprint density at radius 1 is 0.846 bits per heavy atom. The molecule has 3 heteroatoms. The van der Waals surface area contributed by atoms with E-state index in [-0.39, 0.29) is 0 Å². The zero-order valence-electron chi connectivity index (χ0n) is 17.9. The highest BCUT2D eigenvalue weighted by Crippen LogP contribution is 2.52. The van der Waals surface area contributed by atoms with E-state index in [1.54, 1.807) is 0 Å². The molecule has 2 aliphatic carbocycles. The lowest BCUT2D eigenvalue weighted by molar-refractivity contribution is 0.0953. The molecular formula is C23H43N3. The fraction of sp³-hybridized carbons (Fsp3) is 1.00. The Kier molecular flexibility index (Phi) is 5.70. The number of hydrogen-bond acceptors (Lipinski definition) is 3. The van der Waals surface area contributed by atoms with Gasteiger partial charge in [-0.3, -0.25) is 4.90 Å². The van der Waals surface area contributed by atoms with Gasteiger partial charge < -0.3 is 9.80 Å². The summed E-state index contributed by atoms with van der Waals surface area (Å²) in [4.78, 5) is 8.27. The first-order valence-corrected chi connectivity index (χ1v) is 11.6. The van der Waals surface area contributed by atoms with Gasteiger partial charge in [-0.25, -0.2) is 0 Å². The molecule has 3 nitrogen and oxygen atoms in total. The number of likely N-dealkylation sites (tertiary alicyclic amines) is 1. The van der Waals surface area contributed by atoms with Crippen LogP contribution in [0.15, 0.2) is 0 Å². The van der Waals surface area contributed by atoms with Crippen LogP contribution in [0.2, 0.25) is 0 Å². The van der Waals surface area contributed by atoms with E-state index in [4.69, 9.17) is 0 Å². The van der Waals surface area contributed by atoms with E-state index < -0.39 is 0 Å². The van der Waals surface area contributed by atoms with Crippen molar-refractivity contribution in [3.63, 3.8) is 0 Å². The number of rotatable bonds is 7. The van der Waals surface area contributed by atoms with Crippen LogP contribution in [0, 0.1) is 29.1 Å². The van der Waals surface area contributed by atoms with Gasteiger partial charge in [-0.1, -0.05) is 13.8 Å². The average molecular weight is 362 g/mol. The van der Waals surface area contributed by atoms with Gasteiger partial charge in [-0.2, -0.15) is 0 Å². The van der Waals surface area contributed by atoms with Crippen molar-refractivity contribution < 1.29 is 0 Å². The molecule has 0 spiro atoms. The number of piperazine rings is 1. The minimum absolute atomic E-state index is 0.722. The second-order valence-electron chi connectivity index (χ2n) is 11.1. The molecule has 150 valence electrons. The van der Waals surface area contributed by atoms with Crippen molar-refractivity contribution in [2.75, 3.05) is 52.4 Å². The van der Waals surface area contributed by atoms with Crippen LogP contribution in [0.3, 0.4) is 0 Å². The third kappa shape index (κ3) is 4.47. The van der Waals surface area contributed by atoms with Gasteiger partial charge in [0, 0.05) is 58.4 Å². The second-order valence-corrected chi connectivity index (χ2v) is 11.1. The van der Waals surface area contributed by atoms with E-state index in [1.165, 1.54) is 84.5 Å². The second kappa shape index (κ2) is 7.72. The van der Waals surface area contributed by atoms with Crippen molar-refractivity contribution in [1.82, 2.24) is 14.7 Å². The zero-order chi connectivity index (χ0) is 18.3. The molecular weight excluding hydrogens is 318 g/mol. The first-order valence-electron chi connectivity index (χ1n) is 11.6. The van der Waals surface area contributed by atoms with E-state index in [9.17, 15) is 0 Å². The van der Waals surface area contributed by atoms with Gasteiger partial charge in [0.1, 0.15) is 0 Å². The highest BCUT2D eigenvalue weighted by Gasteiger charge is 2.47. The third-order valence-corrected chi connectivity index (χ3v) is 7.94. The molecule has 4 fully saturated rings. The Morgan fingerprint density at radius 2 is 1.46 bits per heavy atom. The molecule has 2 saturated carbocycles. The lowest BCUT2D eigenvalue weighted by Gasteiger charge is -2.38. The summed E-state index contributed by atoms with van der Waals surface area (Å²) in [5.41, 5.74) is 0.724. The topological polar surface area (TPSA) is 9.72 Å². The minimum atomic E-state index is 0.722. The Bertz CT molecular complexity index is 448. The van der Waals surface area contributed by atoms with Crippen molar-refractivity contribution in [2.24, 2.45) is 29.1 Å². The standard InChI is InChI=1S/C23H43N3/c1-18(2)13-23(5-6-23)17-25-15-21-11-20(12-22(21)16-25)14-24-7-9-26(10-8-24)19(3)4/h18-22H,5-17H2,1-4H3/t20-,21+,22-. The van der Waals surface area contributed by atoms with Crippen molar-refractivity contribution in [3.05, 3.63) is 0 Å². The Labute approximate surface area is 162 Å². The van der Waals surface area contributed by atoms with Crippen LogP contribution in [0.1, 0.15) is 59.8 Å². The van der Waals surface area contributed by atoms with E-state index >= 15 is 0 Å². The van der Waals surface area contributed by atoms with Crippen LogP contribution in [0.25, 0.3) is 0 Å². The third-order valence-electron chi connectivity index (χ3n) is 7.94. The van der Waals surface area contributed by atoms with Crippen LogP contribution < -0.4 is 0 Å². The highest BCUT2D eigenvalue weighted by atomic mass is 15.3. The Hall–Kier alpha value is -0.120. The molecule has 4 aliphatic rings. The maximum absolute atomic E-state index is 2.86. The van der Waals surface area contributed by atoms with Gasteiger partial charge in [0.15, 0.2) is 0 Å². The van der Waals surface area contributed by atoms with Crippen molar-refractivity contribution in [1.29, 1.82) is 0 Å². The van der Waals surface area contributed by atoms with Gasteiger partial charge in [-0.05, 0) is 75.0 Å². The lowest BCUT2D eigenvalue weighted by Crippen LogP contribution is -2.49. The van der Waals surface area contributed by atoms with Gasteiger partial charge in [0.2, 0.25) is 0 Å². The predicted molar refractivity (Wildman–Crippen MR) is 110 cm³/mol. The number of hydrogen-bond donors (Lipinski definition) is 0. The fourth-order valence-corrected chi connectivity index (χ4v) is 6.57. The first-order chi connectivity index (χ1) is 12.4. The van der Waals surface area contributed by atoms with Crippen molar-refractivity contribution >= 4 is 0 Å². The maximum atomic E-state index is 2.86. The maximum Gasteiger partial charge on any atom is 0.0113 e. The largest absolute Gasteiger partial charge is 0.302 e. The molecule has 4 rings (SSSR count). The predicted octanol–water partition coefficient (Wildman–Crippen LogP) is 3.80. The summed E-state index contributed by atoms with van der Waals surface area (Å²) in [5.74, 6) is 3.90. The van der Waals surface area contributed by atoms with E-state index in [0.717, 1.165) is 35.1 Å². The summed E-state index contributed by atoms with van der Waals surface area (Å²) in [7, 11) is 0. The molecule has 0 aromatic heterocycles. The van der Waals surface area contributed by atoms with Crippen LogP contribution in [-0.2, 0) is 0 Å². The van der Waals surface area contributed by atoms with E-state index in [0.29, 0.717) is 0 Å². The zero-order valence-corrected chi connectivity index (χ0v) is 17.9. The molecule has 3 atom stereocenters. The summed E-state index contributed by atoms with van der Waals surface area (Å²) in [6.07, 6.45) is 7.50. The monoisotopic (exact) mass is 361 g/mol. The SMILES string of the molecule is CC(C)CC1(CN2C[C@H]3C[C@H](CN4CCN(C(C)C)CC4)C[C@H]3C2)CC1. The minimum Gasteiger partial charge on any atom is -0.302 e. The number of fused-ring (bicyclic) bond motifs is 1. The average Bonchev–Trinajstić information content (AvgIpc) is 3.04. The molecule has 2 saturated heterocycles. The quantitative estimate of drug-likeness (QED) is 0.683. The summed E-state index contributed by atoms with van der Waals surface area (Å²) in [6.45, 7) is 20.3. The fourth-order valence-electron chi connectivity index (χ4n) is 6.57. The molecule has 26 heavy (non-hydrogen) atoms. The smallest absolute Gasteiger partial charge is 0.0113 e. The van der Waals surface area contributed by atoms with Gasteiger partial charge in [0.25, 0.3) is 0 Å². The van der Waals surface area contributed by atoms with Crippen LogP contribution in [-0.4, -0.2) is 73.1 Å². The van der Waals surface area contributed by atoms with E-state index in [2.05, 4.69) is 42.4 Å². The van der Waals surface area contributed by atoms with Crippen LogP contribution in [0.5, 0.6) is 0 Å². The lowest BCUT2D eigenvalue weighted by atomic mass is 9.93. The molecule has 0 aromatic carbocycles. The molecule has 0 amide bonds. The molecule has 0 N–H and O–H groups in total. The normalized spacial score (nSPS) is 35.5. The molecule has 0 bridgehead atoms. The molecule has 0 unspecified atom stereocenters. The molecule has 0 aromatic rings. The number of nitrogens with zero attached hydrogens (tertiary/aromatic N) is 3. The van der Waals surface area contributed by atoms with Gasteiger partial charge >= 0.3 is 0 Å². The van der Waals surface area contributed by atoms with Crippen molar-refractivity contribution in [2.45, 2.75) is 65.8 Å². The van der Waals surface area contributed by atoms with Crippen LogP contribution in [0.4, 0.5) is 0 Å². The van der Waals surface area contributed by atoms with E-state index in [1.807, 2.05) is 0 Å². The summed E-state index contributed by atoms with van der Waals surface area (Å²) in [5, 5.41) is 0. The Balaban J connectivity index is 1.19.